The fourth-order valence-corrected chi connectivity index (χ4v) is 3.98. The maximum atomic E-state index is 14.3. The fourth-order valence-electron chi connectivity index (χ4n) is 3.98. The van der Waals surface area contributed by atoms with Crippen LogP contribution in [0.1, 0.15) is 62.5 Å². The van der Waals surface area contributed by atoms with Gasteiger partial charge in [0.05, 0.1) is 6.10 Å². The molecule has 1 fully saturated rings. The smallest absolute Gasteiger partial charge is 0.127 e. The summed E-state index contributed by atoms with van der Waals surface area (Å²) in [6, 6.07) is 14.3. The number of aryl methyl sites for hydroxylation is 1. The predicted molar refractivity (Wildman–Crippen MR) is 112 cm³/mol. The molecule has 2 aromatic rings. The van der Waals surface area contributed by atoms with E-state index in [2.05, 4.69) is 37.8 Å². The summed E-state index contributed by atoms with van der Waals surface area (Å²) >= 11 is 0. The summed E-state index contributed by atoms with van der Waals surface area (Å²) in [4.78, 5) is 0. The molecule has 0 radical (unpaired) electrons. The highest BCUT2D eigenvalue weighted by Crippen LogP contribution is 2.35. The van der Waals surface area contributed by atoms with E-state index < -0.39 is 0 Å². The van der Waals surface area contributed by atoms with Crippen molar-refractivity contribution in [3.8, 4) is 11.1 Å². The molecule has 2 heteroatoms. The Kier molecular flexibility index (Phi) is 7.23. The first-order valence-electron chi connectivity index (χ1n) is 10.3. The minimum Gasteiger partial charge on any atom is -0.378 e. The molecule has 0 amide bonds. The van der Waals surface area contributed by atoms with Gasteiger partial charge in [-0.2, -0.15) is 0 Å². The zero-order chi connectivity index (χ0) is 19.1. The van der Waals surface area contributed by atoms with Gasteiger partial charge in [-0.25, -0.2) is 4.39 Å². The van der Waals surface area contributed by atoms with Crippen LogP contribution in [0.2, 0.25) is 0 Å². The summed E-state index contributed by atoms with van der Waals surface area (Å²) < 4.78 is 20.2. The lowest BCUT2D eigenvalue weighted by Gasteiger charge is -2.29. The third-order valence-electron chi connectivity index (χ3n) is 5.62. The molecule has 3 rings (SSSR count). The standard InChI is InChI=1S/C25H31FO/c1-3-5-6-22-11-12-23(18-25(22)26)21-9-7-19(8-10-21)20-13-15-24(16-14-20)27-17-4-2/h3,7-12,18,20,24H,1,4-6,13-17H2,2H3. The monoisotopic (exact) mass is 366 g/mol. The lowest BCUT2D eigenvalue weighted by Crippen LogP contribution is -2.21. The van der Waals surface area contributed by atoms with Crippen molar-refractivity contribution in [3.63, 3.8) is 0 Å². The largest absolute Gasteiger partial charge is 0.378 e. The van der Waals surface area contributed by atoms with E-state index in [1.807, 2.05) is 18.2 Å². The van der Waals surface area contributed by atoms with E-state index >= 15 is 0 Å². The molecule has 2 aromatic carbocycles. The third-order valence-corrected chi connectivity index (χ3v) is 5.62. The minimum absolute atomic E-state index is 0.121. The predicted octanol–water partition coefficient (Wildman–Crippen LogP) is 7.06. The second-order valence-electron chi connectivity index (χ2n) is 7.60. The summed E-state index contributed by atoms with van der Waals surface area (Å²) in [7, 11) is 0. The summed E-state index contributed by atoms with van der Waals surface area (Å²) in [5, 5.41) is 0. The normalized spacial score (nSPS) is 19.8. The summed E-state index contributed by atoms with van der Waals surface area (Å²) in [6.45, 7) is 6.75. The molecule has 0 atom stereocenters. The van der Waals surface area contributed by atoms with Crippen molar-refractivity contribution < 1.29 is 9.13 Å². The highest BCUT2D eigenvalue weighted by molar-refractivity contribution is 5.64. The molecule has 0 saturated heterocycles. The van der Waals surface area contributed by atoms with Crippen LogP contribution in [-0.4, -0.2) is 12.7 Å². The van der Waals surface area contributed by atoms with Gasteiger partial charge in [-0.3, -0.25) is 0 Å². The molecule has 0 aliphatic heterocycles. The topological polar surface area (TPSA) is 9.23 Å². The van der Waals surface area contributed by atoms with Crippen LogP contribution in [0.15, 0.2) is 55.1 Å². The first-order chi connectivity index (χ1) is 13.2. The molecule has 1 aliphatic rings. The summed E-state index contributed by atoms with van der Waals surface area (Å²) in [6.07, 6.45) is 9.58. The minimum atomic E-state index is -0.121. The molecule has 0 spiro atoms. The molecule has 0 N–H and O–H groups in total. The van der Waals surface area contributed by atoms with Crippen LogP contribution in [0.3, 0.4) is 0 Å². The van der Waals surface area contributed by atoms with E-state index in [0.29, 0.717) is 18.4 Å². The van der Waals surface area contributed by atoms with Crippen molar-refractivity contribution in [1.29, 1.82) is 0 Å². The molecular weight excluding hydrogens is 335 g/mol. The Morgan fingerprint density at radius 2 is 1.74 bits per heavy atom. The van der Waals surface area contributed by atoms with Crippen molar-refractivity contribution >= 4 is 0 Å². The Bertz CT molecular complexity index is 726. The van der Waals surface area contributed by atoms with Gasteiger partial charge >= 0.3 is 0 Å². The highest BCUT2D eigenvalue weighted by Gasteiger charge is 2.22. The third kappa shape index (κ3) is 5.29. The number of rotatable bonds is 8. The first kappa shape index (κ1) is 19.8. The van der Waals surface area contributed by atoms with Crippen LogP contribution in [0.5, 0.6) is 0 Å². The summed E-state index contributed by atoms with van der Waals surface area (Å²) in [5.41, 5.74) is 4.18. The fraction of sp³-hybridized carbons (Fsp3) is 0.440. The lowest BCUT2D eigenvalue weighted by atomic mass is 9.82. The van der Waals surface area contributed by atoms with Crippen LogP contribution in [-0.2, 0) is 11.2 Å². The van der Waals surface area contributed by atoms with Crippen molar-refractivity contribution in [2.24, 2.45) is 0 Å². The van der Waals surface area contributed by atoms with Crippen molar-refractivity contribution in [2.45, 2.75) is 63.9 Å². The van der Waals surface area contributed by atoms with Gasteiger partial charge in [0.15, 0.2) is 0 Å². The maximum absolute atomic E-state index is 14.3. The zero-order valence-corrected chi connectivity index (χ0v) is 16.4. The lowest BCUT2D eigenvalue weighted by molar-refractivity contribution is 0.0251. The molecule has 1 aliphatic carbocycles. The molecule has 0 bridgehead atoms. The SMILES string of the molecule is C=CCCc1ccc(-c2ccc(C3CCC(OCCC)CC3)cc2)cc1F. The molecule has 0 aromatic heterocycles. The van der Waals surface area contributed by atoms with Crippen LogP contribution in [0.4, 0.5) is 4.39 Å². The highest BCUT2D eigenvalue weighted by atomic mass is 19.1. The van der Waals surface area contributed by atoms with E-state index in [1.54, 1.807) is 6.07 Å². The maximum Gasteiger partial charge on any atom is 0.127 e. The Labute approximate surface area is 163 Å². The Morgan fingerprint density at radius 1 is 1.04 bits per heavy atom. The number of ether oxygens (including phenoxy) is 1. The molecular formula is C25H31FO. The average molecular weight is 367 g/mol. The Hall–Kier alpha value is -1.93. The van der Waals surface area contributed by atoms with Crippen LogP contribution in [0.25, 0.3) is 11.1 Å². The number of allylic oxidation sites excluding steroid dienone is 1. The van der Waals surface area contributed by atoms with Gasteiger partial charge in [-0.15, -0.1) is 6.58 Å². The van der Waals surface area contributed by atoms with Gasteiger partial charge in [-0.1, -0.05) is 49.4 Å². The van der Waals surface area contributed by atoms with Crippen LogP contribution in [0, 0.1) is 5.82 Å². The van der Waals surface area contributed by atoms with E-state index in [1.165, 1.54) is 18.4 Å². The van der Waals surface area contributed by atoms with Crippen LogP contribution < -0.4 is 0 Å². The van der Waals surface area contributed by atoms with E-state index in [0.717, 1.165) is 49.0 Å². The molecule has 1 nitrogen and oxygen atoms in total. The van der Waals surface area contributed by atoms with Gasteiger partial charge in [-0.05, 0) is 79.2 Å². The average Bonchev–Trinajstić information content (AvgIpc) is 2.72. The number of halogens is 1. The van der Waals surface area contributed by atoms with Gasteiger partial charge in [0.2, 0.25) is 0 Å². The second-order valence-corrected chi connectivity index (χ2v) is 7.60. The van der Waals surface area contributed by atoms with Gasteiger partial charge in [0.25, 0.3) is 0 Å². The molecule has 1 saturated carbocycles. The first-order valence-corrected chi connectivity index (χ1v) is 10.3. The molecule has 0 unspecified atom stereocenters. The number of hydrogen-bond donors (Lipinski definition) is 0. The Balaban J connectivity index is 1.62. The van der Waals surface area contributed by atoms with E-state index in [-0.39, 0.29) is 5.82 Å². The van der Waals surface area contributed by atoms with Crippen molar-refractivity contribution in [2.75, 3.05) is 6.61 Å². The van der Waals surface area contributed by atoms with E-state index in [4.69, 9.17) is 4.74 Å². The zero-order valence-electron chi connectivity index (χ0n) is 16.4. The number of benzene rings is 2. The van der Waals surface area contributed by atoms with Gasteiger partial charge in [0, 0.05) is 6.61 Å². The van der Waals surface area contributed by atoms with Crippen molar-refractivity contribution in [1.82, 2.24) is 0 Å². The Morgan fingerprint density at radius 3 is 2.37 bits per heavy atom. The number of hydrogen-bond acceptors (Lipinski definition) is 1. The quantitative estimate of drug-likeness (QED) is 0.454. The second kappa shape index (κ2) is 9.85. The molecule has 0 heterocycles. The van der Waals surface area contributed by atoms with Gasteiger partial charge in [0.1, 0.15) is 5.82 Å². The van der Waals surface area contributed by atoms with E-state index in [9.17, 15) is 4.39 Å². The summed E-state index contributed by atoms with van der Waals surface area (Å²) in [5.74, 6) is 0.502. The van der Waals surface area contributed by atoms with Crippen LogP contribution >= 0.6 is 0 Å². The molecule has 144 valence electrons. The molecule has 27 heavy (non-hydrogen) atoms. The van der Waals surface area contributed by atoms with Gasteiger partial charge < -0.3 is 4.74 Å². The van der Waals surface area contributed by atoms with Crippen molar-refractivity contribution in [3.05, 3.63) is 72.1 Å².